The summed E-state index contributed by atoms with van der Waals surface area (Å²) in [5.41, 5.74) is 3.41. The SMILES string of the molecule is Cc1ccc2c(=O)[nH]c(NN)cc2c1. The largest absolute Gasteiger partial charge is 0.310 e. The number of anilines is 1. The number of pyridine rings is 1. The summed E-state index contributed by atoms with van der Waals surface area (Å²) in [5.74, 6) is 5.75. The topological polar surface area (TPSA) is 70.9 Å². The van der Waals surface area contributed by atoms with Crippen molar-refractivity contribution in [3.05, 3.63) is 40.2 Å². The number of fused-ring (bicyclic) bond motifs is 1. The Morgan fingerprint density at radius 2 is 2.14 bits per heavy atom. The molecule has 1 aromatic carbocycles. The zero-order valence-corrected chi connectivity index (χ0v) is 7.79. The van der Waals surface area contributed by atoms with E-state index in [9.17, 15) is 4.79 Å². The third kappa shape index (κ3) is 1.36. The molecule has 0 fully saturated rings. The number of aryl methyl sites for hydroxylation is 1. The highest BCUT2D eigenvalue weighted by atomic mass is 16.1. The smallest absolute Gasteiger partial charge is 0.257 e. The van der Waals surface area contributed by atoms with Crippen LogP contribution in [0.3, 0.4) is 0 Å². The lowest BCUT2D eigenvalue weighted by Gasteiger charge is -2.02. The molecule has 1 aromatic heterocycles. The van der Waals surface area contributed by atoms with Gasteiger partial charge in [0, 0.05) is 5.39 Å². The second kappa shape index (κ2) is 3.16. The van der Waals surface area contributed by atoms with Gasteiger partial charge in [-0.1, -0.05) is 17.7 Å². The van der Waals surface area contributed by atoms with Crippen molar-refractivity contribution in [3.63, 3.8) is 0 Å². The molecule has 0 saturated carbocycles. The Balaban J connectivity index is 2.84. The molecule has 4 heteroatoms. The molecular formula is C10H11N3O. The van der Waals surface area contributed by atoms with Crippen molar-refractivity contribution >= 4 is 16.6 Å². The van der Waals surface area contributed by atoms with Gasteiger partial charge < -0.3 is 10.4 Å². The van der Waals surface area contributed by atoms with Crippen LogP contribution in [0.1, 0.15) is 5.56 Å². The molecule has 0 amide bonds. The molecule has 0 radical (unpaired) electrons. The van der Waals surface area contributed by atoms with E-state index in [0.29, 0.717) is 11.2 Å². The minimum Gasteiger partial charge on any atom is -0.310 e. The summed E-state index contributed by atoms with van der Waals surface area (Å²) in [6.45, 7) is 1.98. The highest BCUT2D eigenvalue weighted by Gasteiger charge is 2.00. The van der Waals surface area contributed by atoms with Crippen LogP contribution in [0.4, 0.5) is 5.82 Å². The molecule has 0 atom stereocenters. The Kier molecular flexibility index (Phi) is 1.98. The molecule has 2 rings (SSSR count). The van der Waals surface area contributed by atoms with Crippen LogP contribution in [0.5, 0.6) is 0 Å². The summed E-state index contributed by atoms with van der Waals surface area (Å²) < 4.78 is 0. The number of hydrogen-bond donors (Lipinski definition) is 3. The maximum atomic E-state index is 11.5. The van der Waals surface area contributed by atoms with E-state index in [1.54, 1.807) is 0 Å². The molecule has 1 heterocycles. The molecule has 0 aliphatic rings. The maximum absolute atomic E-state index is 11.5. The van der Waals surface area contributed by atoms with Gasteiger partial charge in [-0.2, -0.15) is 0 Å². The first-order valence-corrected chi connectivity index (χ1v) is 4.31. The summed E-state index contributed by atoms with van der Waals surface area (Å²) >= 11 is 0. The van der Waals surface area contributed by atoms with Gasteiger partial charge in [-0.3, -0.25) is 4.79 Å². The number of aromatic nitrogens is 1. The fourth-order valence-electron chi connectivity index (χ4n) is 1.47. The highest BCUT2D eigenvalue weighted by molar-refractivity contribution is 5.84. The van der Waals surface area contributed by atoms with E-state index >= 15 is 0 Å². The molecule has 0 aliphatic heterocycles. The minimum atomic E-state index is -0.129. The van der Waals surface area contributed by atoms with E-state index in [2.05, 4.69) is 10.4 Å². The van der Waals surface area contributed by atoms with E-state index in [1.165, 1.54) is 0 Å². The van der Waals surface area contributed by atoms with Crippen LogP contribution in [0, 0.1) is 6.92 Å². The molecule has 0 spiro atoms. The van der Waals surface area contributed by atoms with Crippen molar-refractivity contribution in [1.29, 1.82) is 0 Å². The second-order valence-electron chi connectivity index (χ2n) is 3.25. The van der Waals surface area contributed by atoms with E-state index in [-0.39, 0.29) is 5.56 Å². The number of nitrogen functional groups attached to an aromatic ring is 1. The molecule has 0 aliphatic carbocycles. The summed E-state index contributed by atoms with van der Waals surface area (Å²) in [5, 5.41) is 1.57. The number of benzene rings is 1. The lowest BCUT2D eigenvalue weighted by molar-refractivity contribution is 1.20. The van der Waals surface area contributed by atoms with Crippen molar-refractivity contribution in [2.45, 2.75) is 6.92 Å². The van der Waals surface area contributed by atoms with Crippen molar-refractivity contribution in [3.8, 4) is 0 Å². The van der Waals surface area contributed by atoms with Crippen LogP contribution in [0.25, 0.3) is 10.8 Å². The summed E-state index contributed by atoms with van der Waals surface area (Å²) in [6.07, 6.45) is 0. The first-order valence-electron chi connectivity index (χ1n) is 4.31. The average Bonchev–Trinajstić information content (AvgIpc) is 2.16. The molecular weight excluding hydrogens is 178 g/mol. The predicted molar refractivity (Wildman–Crippen MR) is 57.1 cm³/mol. The van der Waals surface area contributed by atoms with Crippen LogP contribution in [-0.4, -0.2) is 4.98 Å². The number of rotatable bonds is 1. The van der Waals surface area contributed by atoms with Gasteiger partial charge in [0.2, 0.25) is 0 Å². The third-order valence-corrected chi connectivity index (χ3v) is 2.16. The normalized spacial score (nSPS) is 10.4. The number of nitrogens with two attached hydrogens (primary N) is 1. The number of H-pyrrole nitrogens is 1. The monoisotopic (exact) mass is 189 g/mol. The molecule has 0 bridgehead atoms. The van der Waals surface area contributed by atoms with Crippen molar-refractivity contribution < 1.29 is 0 Å². The van der Waals surface area contributed by atoms with E-state index in [4.69, 9.17) is 5.84 Å². The highest BCUT2D eigenvalue weighted by Crippen LogP contribution is 2.14. The maximum Gasteiger partial charge on any atom is 0.257 e. The number of aromatic amines is 1. The molecule has 72 valence electrons. The molecule has 0 saturated heterocycles. The van der Waals surface area contributed by atoms with Crippen LogP contribution >= 0.6 is 0 Å². The molecule has 0 unspecified atom stereocenters. The lowest BCUT2D eigenvalue weighted by Crippen LogP contribution is -2.14. The zero-order chi connectivity index (χ0) is 10.1. The Hall–Kier alpha value is -1.81. The third-order valence-electron chi connectivity index (χ3n) is 2.16. The molecule has 4 nitrogen and oxygen atoms in total. The van der Waals surface area contributed by atoms with Crippen LogP contribution in [-0.2, 0) is 0 Å². The number of hydrazine groups is 1. The number of nitrogens with one attached hydrogen (secondary N) is 2. The average molecular weight is 189 g/mol. The Morgan fingerprint density at radius 1 is 1.36 bits per heavy atom. The fourth-order valence-corrected chi connectivity index (χ4v) is 1.47. The summed E-state index contributed by atoms with van der Waals surface area (Å²) in [7, 11) is 0. The van der Waals surface area contributed by atoms with Gasteiger partial charge in [0.05, 0.1) is 0 Å². The van der Waals surface area contributed by atoms with Crippen LogP contribution in [0.15, 0.2) is 29.1 Å². The summed E-state index contributed by atoms with van der Waals surface area (Å²) in [4.78, 5) is 14.1. The first kappa shape index (κ1) is 8.77. The van der Waals surface area contributed by atoms with Gasteiger partial charge in [0.1, 0.15) is 5.82 Å². The lowest BCUT2D eigenvalue weighted by atomic mass is 10.1. The molecule has 2 aromatic rings. The van der Waals surface area contributed by atoms with Crippen molar-refractivity contribution in [2.24, 2.45) is 5.84 Å². The Labute approximate surface area is 80.7 Å². The minimum absolute atomic E-state index is 0.129. The standard InChI is InChI=1S/C10H11N3O/c1-6-2-3-8-7(4-6)5-9(13-11)12-10(8)14/h2-5H,11H2,1H3,(H2,12,13,14). The van der Waals surface area contributed by atoms with Crippen LogP contribution < -0.4 is 16.8 Å². The quantitative estimate of drug-likeness (QED) is 0.465. The Morgan fingerprint density at radius 3 is 2.86 bits per heavy atom. The Bertz CT molecular complexity index is 530. The zero-order valence-electron chi connectivity index (χ0n) is 7.79. The van der Waals surface area contributed by atoms with E-state index < -0.39 is 0 Å². The van der Waals surface area contributed by atoms with Gasteiger partial charge in [-0.05, 0) is 24.4 Å². The van der Waals surface area contributed by atoms with Crippen molar-refractivity contribution in [2.75, 3.05) is 5.43 Å². The molecule has 14 heavy (non-hydrogen) atoms. The van der Waals surface area contributed by atoms with E-state index in [0.717, 1.165) is 10.9 Å². The fraction of sp³-hybridized carbons (Fsp3) is 0.100. The first-order chi connectivity index (χ1) is 6.70. The predicted octanol–water partition coefficient (Wildman–Crippen LogP) is 1.12. The van der Waals surface area contributed by atoms with Gasteiger partial charge >= 0.3 is 0 Å². The summed E-state index contributed by atoms with van der Waals surface area (Å²) in [6, 6.07) is 7.48. The van der Waals surface area contributed by atoms with Gasteiger partial charge in [0.25, 0.3) is 5.56 Å². The van der Waals surface area contributed by atoms with Crippen molar-refractivity contribution in [1.82, 2.24) is 4.98 Å². The van der Waals surface area contributed by atoms with Crippen LogP contribution in [0.2, 0.25) is 0 Å². The van der Waals surface area contributed by atoms with Gasteiger partial charge in [-0.15, -0.1) is 0 Å². The second-order valence-corrected chi connectivity index (χ2v) is 3.25. The number of hydrogen-bond acceptors (Lipinski definition) is 3. The van der Waals surface area contributed by atoms with E-state index in [1.807, 2.05) is 31.2 Å². The molecule has 4 N–H and O–H groups in total. The van der Waals surface area contributed by atoms with Gasteiger partial charge in [-0.25, -0.2) is 5.84 Å². The van der Waals surface area contributed by atoms with Gasteiger partial charge in [0.15, 0.2) is 0 Å².